The molecule has 0 aliphatic heterocycles. The lowest BCUT2D eigenvalue weighted by atomic mass is 10.2. The SMILES string of the molecule is Cc1nc(CC(=O)O)c(CN(C)Cc2ccccc2)s1. The monoisotopic (exact) mass is 290 g/mol. The maximum Gasteiger partial charge on any atom is 0.309 e. The Morgan fingerprint density at radius 1 is 1.30 bits per heavy atom. The van der Waals surface area contributed by atoms with Crippen LogP contribution in [0.15, 0.2) is 30.3 Å². The maximum absolute atomic E-state index is 10.9. The third-order valence-corrected chi connectivity index (χ3v) is 3.91. The van der Waals surface area contributed by atoms with E-state index in [0.717, 1.165) is 23.0 Å². The van der Waals surface area contributed by atoms with Crippen LogP contribution in [0.4, 0.5) is 0 Å². The van der Waals surface area contributed by atoms with E-state index < -0.39 is 5.97 Å². The number of rotatable bonds is 6. The average Bonchev–Trinajstić information content (AvgIpc) is 2.69. The molecule has 0 saturated carbocycles. The number of hydrogen-bond donors (Lipinski definition) is 1. The summed E-state index contributed by atoms with van der Waals surface area (Å²) >= 11 is 1.58. The van der Waals surface area contributed by atoms with Crippen LogP contribution in [0, 0.1) is 6.92 Å². The molecule has 0 bridgehead atoms. The van der Waals surface area contributed by atoms with Crippen molar-refractivity contribution in [1.82, 2.24) is 9.88 Å². The molecule has 5 heteroatoms. The molecule has 2 rings (SSSR count). The highest BCUT2D eigenvalue weighted by atomic mass is 32.1. The van der Waals surface area contributed by atoms with Gasteiger partial charge in [-0.2, -0.15) is 0 Å². The molecule has 1 aromatic heterocycles. The second-order valence-electron chi connectivity index (χ2n) is 4.83. The van der Waals surface area contributed by atoms with Crippen LogP contribution in [-0.4, -0.2) is 28.0 Å². The fourth-order valence-electron chi connectivity index (χ4n) is 2.11. The van der Waals surface area contributed by atoms with Crippen LogP contribution in [-0.2, 0) is 24.3 Å². The van der Waals surface area contributed by atoms with Crippen LogP contribution in [0.2, 0.25) is 0 Å². The standard InChI is InChI=1S/C15H18N2O2S/c1-11-16-13(8-15(18)19)14(20-11)10-17(2)9-12-6-4-3-5-7-12/h3-7H,8-10H2,1-2H3,(H,18,19). The number of benzene rings is 1. The molecule has 4 nitrogen and oxygen atoms in total. The lowest BCUT2D eigenvalue weighted by molar-refractivity contribution is -0.136. The summed E-state index contributed by atoms with van der Waals surface area (Å²) in [6.07, 6.45) is -0.00114. The van der Waals surface area contributed by atoms with E-state index in [-0.39, 0.29) is 6.42 Å². The Bertz CT molecular complexity index is 581. The van der Waals surface area contributed by atoms with E-state index in [2.05, 4.69) is 22.0 Å². The van der Waals surface area contributed by atoms with Gasteiger partial charge in [0.25, 0.3) is 0 Å². The second kappa shape index (κ2) is 6.63. The second-order valence-corrected chi connectivity index (χ2v) is 6.12. The Labute approximate surface area is 122 Å². The van der Waals surface area contributed by atoms with Gasteiger partial charge in [-0.25, -0.2) is 4.98 Å². The van der Waals surface area contributed by atoms with E-state index in [1.165, 1.54) is 5.56 Å². The smallest absolute Gasteiger partial charge is 0.309 e. The number of carbonyl (C=O) groups is 1. The van der Waals surface area contributed by atoms with Crippen LogP contribution in [0.5, 0.6) is 0 Å². The Balaban J connectivity index is 2.04. The first kappa shape index (κ1) is 14.7. The van der Waals surface area contributed by atoms with Crippen molar-refractivity contribution < 1.29 is 9.90 Å². The third-order valence-electron chi connectivity index (χ3n) is 2.91. The summed E-state index contributed by atoms with van der Waals surface area (Å²) in [6, 6.07) is 10.2. The third kappa shape index (κ3) is 4.15. The van der Waals surface area contributed by atoms with Crippen LogP contribution >= 0.6 is 11.3 Å². The summed E-state index contributed by atoms with van der Waals surface area (Å²) in [7, 11) is 2.03. The maximum atomic E-state index is 10.9. The van der Waals surface area contributed by atoms with Gasteiger partial charge in [-0.15, -0.1) is 11.3 Å². The molecule has 20 heavy (non-hydrogen) atoms. The first-order chi connectivity index (χ1) is 9.54. The summed E-state index contributed by atoms with van der Waals surface area (Å²) < 4.78 is 0. The quantitative estimate of drug-likeness (QED) is 0.888. The number of thiazole rings is 1. The van der Waals surface area contributed by atoms with Gasteiger partial charge in [-0.1, -0.05) is 30.3 Å². The molecule has 1 N–H and O–H groups in total. The highest BCUT2D eigenvalue weighted by Gasteiger charge is 2.14. The normalized spacial score (nSPS) is 10.9. The van der Waals surface area contributed by atoms with Crippen molar-refractivity contribution in [3.63, 3.8) is 0 Å². The summed E-state index contributed by atoms with van der Waals surface area (Å²) in [6.45, 7) is 3.48. The molecule has 2 aromatic rings. The fourth-order valence-corrected chi connectivity index (χ4v) is 3.15. The van der Waals surface area contributed by atoms with Crippen LogP contribution in [0.3, 0.4) is 0 Å². The predicted molar refractivity (Wildman–Crippen MR) is 79.8 cm³/mol. The van der Waals surface area contributed by atoms with E-state index in [0.29, 0.717) is 5.69 Å². The summed E-state index contributed by atoms with van der Waals surface area (Å²) in [4.78, 5) is 18.4. The number of aromatic nitrogens is 1. The molecular weight excluding hydrogens is 272 g/mol. The Hall–Kier alpha value is -1.72. The van der Waals surface area contributed by atoms with E-state index in [4.69, 9.17) is 5.11 Å². The van der Waals surface area contributed by atoms with Crippen molar-refractivity contribution in [1.29, 1.82) is 0 Å². The predicted octanol–water partition coefficient (Wildman–Crippen LogP) is 2.71. The first-order valence-corrected chi connectivity index (χ1v) is 7.25. The van der Waals surface area contributed by atoms with Crippen molar-refractivity contribution in [3.8, 4) is 0 Å². The molecular formula is C15H18N2O2S. The largest absolute Gasteiger partial charge is 0.481 e. The molecule has 0 saturated heterocycles. The number of aliphatic carboxylic acids is 1. The minimum absolute atomic E-state index is 0.00114. The molecule has 0 radical (unpaired) electrons. The van der Waals surface area contributed by atoms with Crippen molar-refractivity contribution in [2.24, 2.45) is 0 Å². The van der Waals surface area contributed by atoms with Crippen LogP contribution < -0.4 is 0 Å². The summed E-state index contributed by atoms with van der Waals surface area (Å²) in [5.41, 5.74) is 1.94. The number of hydrogen-bond acceptors (Lipinski definition) is 4. The van der Waals surface area contributed by atoms with Gasteiger partial charge in [0, 0.05) is 18.0 Å². The van der Waals surface area contributed by atoms with E-state index >= 15 is 0 Å². The molecule has 0 atom stereocenters. The highest BCUT2D eigenvalue weighted by molar-refractivity contribution is 7.11. The van der Waals surface area contributed by atoms with Crippen molar-refractivity contribution in [3.05, 3.63) is 51.5 Å². The highest BCUT2D eigenvalue weighted by Crippen LogP contribution is 2.21. The van der Waals surface area contributed by atoms with Gasteiger partial charge in [0.15, 0.2) is 0 Å². The summed E-state index contributed by atoms with van der Waals surface area (Å²) in [5, 5.41) is 9.84. The zero-order chi connectivity index (χ0) is 14.5. The molecule has 0 spiro atoms. The van der Waals surface area contributed by atoms with Crippen molar-refractivity contribution >= 4 is 17.3 Å². The van der Waals surface area contributed by atoms with Gasteiger partial charge in [0.1, 0.15) is 0 Å². The van der Waals surface area contributed by atoms with Gasteiger partial charge in [0.05, 0.1) is 17.1 Å². The number of carboxylic acids is 1. The summed E-state index contributed by atoms with van der Waals surface area (Å²) in [5.74, 6) is -0.831. The van der Waals surface area contributed by atoms with Gasteiger partial charge in [0.2, 0.25) is 0 Å². The zero-order valence-electron chi connectivity index (χ0n) is 11.7. The molecule has 0 amide bonds. The van der Waals surface area contributed by atoms with E-state index in [1.54, 1.807) is 11.3 Å². The number of aryl methyl sites for hydroxylation is 1. The number of carboxylic acid groups (broad SMARTS) is 1. The van der Waals surface area contributed by atoms with Crippen molar-refractivity contribution in [2.45, 2.75) is 26.4 Å². The molecule has 0 fully saturated rings. The average molecular weight is 290 g/mol. The Morgan fingerprint density at radius 3 is 2.65 bits per heavy atom. The topological polar surface area (TPSA) is 53.4 Å². The van der Waals surface area contributed by atoms with Gasteiger partial charge in [-0.3, -0.25) is 9.69 Å². The molecule has 1 heterocycles. The minimum atomic E-state index is -0.831. The first-order valence-electron chi connectivity index (χ1n) is 6.44. The van der Waals surface area contributed by atoms with Gasteiger partial charge < -0.3 is 5.11 Å². The van der Waals surface area contributed by atoms with Crippen LogP contribution in [0.25, 0.3) is 0 Å². The van der Waals surface area contributed by atoms with Gasteiger partial charge in [-0.05, 0) is 19.5 Å². The molecule has 0 unspecified atom stereocenters. The van der Waals surface area contributed by atoms with Crippen molar-refractivity contribution in [2.75, 3.05) is 7.05 Å². The minimum Gasteiger partial charge on any atom is -0.481 e. The molecule has 1 aromatic carbocycles. The van der Waals surface area contributed by atoms with E-state index in [9.17, 15) is 4.79 Å². The molecule has 0 aliphatic rings. The molecule has 106 valence electrons. The fraction of sp³-hybridized carbons (Fsp3) is 0.333. The van der Waals surface area contributed by atoms with E-state index in [1.807, 2.05) is 32.2 Å². The lowest BCUT2D eigenvalue weighted by Crippen LogP contribution is -2.17. The molecule has 0 aliphatic carbocycles. The Kier molecular flexibility index (Phi) is 4.87. The number of nitrogens with zero attached hydrogens (tertiary/aromatic N) is 2. The van der Waals surface area contributed by atoms with Gasteiger partial charge >= 0.3 is 5.97 Å². The zero-order valence-corrected chi connectivity index (χ0v) is 12.5. The Morgan fingerprint density at radius 2 is 2.00 bits per heavy atom. The van der Waals surface area contributed by atoms with Crippen LogP contribution in [0.1, 0.15) is 21.1 Å². The lowest BCUT2D eigenvalue weighted by Gasteiger charge is -2.16.